The van der Waals surface area contributed by atoms with Crippen molar-refractivity contribution in [1.29, 1.82) is 0 Å². The molecular formula is C12H15NO5. The minimum atomic E-state index is -0.934. The van der Waals surface area contributed by atoms with E-state index in [1.54, 1.807) is 0 Å². The molecule has 3 rings (SSSR count). The number of amides is 2. The summed E-state index contributed by atoms with van der Waals surface area (Å²) in [5, 5.41) is 0.523. The van der Waals surface area contributed by atoms with Crippen molar-refractivity contribution in [3.8, 4) is 0 Å². The Kier molecular flexibility index (Phi) is 2.72. The van der Waals surface area contributed by atoms with Crippen LogP contribution in [0.4, 0.5) is 4.79 Å². The summed E-state index contributed by atoms with van der Waals surface area (Å²) in [6, 6.07) is 0. The quantitative estimate of drug-likeness (QED) is 0.549. The minimum absolute atomic E-state index is 0.0975. The number of hydrogen-bond acceptors (Lipinski definition) is 5. The van der Waals surface area contributed by atoms with Crippen LogP contribution in [0.25, 0.3) is 0 Å². The molecule has 3 atom stereocenters. The molecule has 1 aliphatic heterocycles. The molecule has 1 heterocycles. The zero-order valence-corrected chi connectivity index (χ0v) is 9.96. The molecular weight excluding hydrogens is 238 g/mol. The van der Waals surface area contributed by atoms with Crippen LogP contribution < -0.4 is 0 Å². The van der Waals surface area contributed by atoms with Gasteiger partial charge in [0.2, 0.25) is 0 Å². The Morgan fingerprint density at radius 1 is 1.11 bits per heavy atom. The van der Waals surface area contributed by atoms with Crippen LogP contribution in [-0.4, -0.2) is 29.1 Å². The molecule has 1 saturated heterocycles. The molecule has 0 aromatic rings. The molecule has 0 N–H and O–H groups in total. The van der Waals surface area contributed by atoms with Crippen molar-refractivity contribution in [2.75, 3.05) is 0 Å². The number of rotatable bonds is 2. The number of hydrogen-bond donors (Lipinski definition) is 0. The molecule has 0 aromatic heterocycles. The second-order valence-corrected chi connectivity index (χ2v) is 5.25. The summed E-state index contributed by atoms with van der Waals surface area (Å²) in [7, 11) is 0. The fourth-order valence-corrected chi connectivity index (χ4v) is 3.21. The highest BCUT2D eigenvalue weighted by Crippen LogP contribution is 2.45. The number of ether oxygens (including phenoxy) is 1. The summed E-state index contributed by atoms with van der Waals surface area (Å²) in [4.78, 5) is 38.7. The first kappa shape index (κ1) is 11.5. The molecule has 3 aliphatic rings. The summed E-state index contributed by atoms with van der Waals surface area (Å²) in [6.45, 7) is 0. The van der Waals surface area contributed by atoms with Crippen molar-refractivity contribution in [3.05, 3.63) is 0 Å². The van der Waals surface area contributed by atoms with Crippen LogP contribution >= 0.6 is 0 Å². The summed E-state index contributed by atoms with van der Waals surface area (Å²) in [6.07, 6.45) is 3.44. The second kappa shape index (κ2) is 4.26. The number of fused-ring (bicyclic) bond motifs is 2. The third-order valence-corrected chi connectivity index (χ3v) is 4.09. The number of imide groups is 1. The largest absolute Gasteiger partial charge is 0.534 e. The van der Waals surface area contributed by atoms with Gasteiger partial charge in [-0.05, 0) is 37.5 Å². The van der Waals surface area contributed by atoms with Crippen molar-refractivity contribution in [2.45, 2.75) is 44.6 Å². The second-order valence-electron chi connectivity index (χ2n) is 5.25. The summed E-state index contributed by atoms with van der Waals surface area (Å²) >= 11 is 0. The number of hydroxylamine groups is 2. The van der Waals surface area contributed by atoms with Gasteiger partial charge in [0, 0.05) is 12.8 Å². The maximum Gasteiger partial charge on any atom is 0.534 e. The Morgan fingerprint density at radius 2 is 1.83 bits per heavy atom. The Morgan fingerprint density at radius 3 is 2.39 bits per heavy atom. The van der Waals surface area contributed by atoms with Crippen LogP contribution in [0.5, 0.6) is 0 Å². The number of nitrogens with zero attached hydrogens (tertiary/aromatic N) is 1. The van der Waals surface area contributed by atoms with Gasteiger partial charge < -0.3 is 4.74 Å². The predicted octanol–water partition coefficient (Wildman–Crippen LogP) is 1.39. The number of carbonyl (C=O) groups excluding carboxylic acids is 3. The molecule has 6 nitrogen and oxygen atoms in total. The van der Waals surface area contributed by atoms with Gasteiger partial charge in [0.25, 0.3) is 11.8 Å². The van der Waals surface area contributed by atoms with Crippen LogP contribution in [0.3, 0.4) is 0 Å². The van der Waals surface area contributed by atoms with Crippen molar-refractivity contribution in [1.82, 2.24) is 5.06 Å². The zero-order chi connectivity index (χ0) is 12.7. The third kappa shape index (κ3) is 1.95. The van der Waals surface area contributed by atoms with E-state index in [-0.39, 0.29) is 18.9 Å². The first-order valence-electron chi connectivity index (χ1n) is 6.38. The lowest BCUT2D eigenvalue weighted by Gasteiger charge is -2.22. The average Bonchev–Trinajstić information content (AvgIpc) is 3.00. The monoisotopic (exact) mass is 253 g/mol. The van der Waals surface area contributed by atoms with Gasteiger partial charge in [-0.1, -0.05) is 5.06 Å². The molecule has 2 bridgehead atoms. The predicted molar refractivity (Wildman–Crippen MR) is 57.9 cm³/mol. The van der Waals surface area contributed by atoms with Gasteiger partial charge in [0.15, 0.2) is 0 Å². The first-order chi connectivity index (χ1) is 8.63. The normalized spacial score (nSPS) is 34.2. The third-order valence-electron chi connectivity index (χ3n) is 4.09. The van der Waals surface area contributed by atoms with Crippen molar-refractivity contribution in [2.24, 2.45) is 11.8 Å². The van der Waals surface area contributed by atoms with E-state index < -0.39 is 18.0 Å². The van der Waals surface area contributed by atoms with Gasteiger partial charge in [-0.3, -0.25) is 14.4 Å². The summed E-state index contributed by atoms with van der Waals surface area (Å²) < 4.78 is 5.20. The van der Waals surface area contributed by atoms with Crippen molar-refractivity contribution in [3.63, 3.8) is 0 Å². The fraction of sp³-hybridized carbons (Fsp3) is 0.750. The molecule has 0 aromatic carbocycles. The zero-order valence-electron chi connectivity index (χ0n) is 9.96. The molecule has 6 heteroatoms. The standard InChI is InChI=1S/C12H15NO5/c14-10-3-4-11(15)13(10)18-12(16)17-9-6-7-1-2-8(9)5-7/h7-9H,1-6H2. The van der Waals surface area contributed by atoms with E-state index in [1.807, 2.05) is 0 Å². The molecule has 0 radical (unpaired) electrons. The maximum absolute atomic E-state index is 11.5. The van der Waals surface area contributed by atoms with E-state index in [1.165, 1.54) is 6.42 Å². The molecule has 0 spiro atoms. The summed E-state index contributed by atoms with van der Waals surface area (Å²) in [5.74, 6) is 0.116. The first-order valence-corrected chi connectivity index (χ1v) is 6.38. The topological polar surface area (TPSA) is 72.9 Å². The maximum atomic E-state index is 11.5. The highest BCUT2D eigenvalue weighted by Gasteiger charge is 2.43. The van der Waals surface area contributed by atoms with Crippen LogP contribution in [0, 0.1) is 11.8 Å². The van der Waals surface area contributed by atoms with Crippen molar-refractivity contribution >= 4 is 18.0 Å². The lowest BCUT2D eigenvalue weighted by molar-refractivity contribution is -0.179. The Hall–Kier alpha value is -1.59. The van der Waals surface area contributed by atoms with E-state index in [0.29, 0.717) is 16.9 Å². The molecule has 98 valence electrons. The minimum Gasteiger partial charge on any atom is -0.429 e. The SMILES string of the molecule is O=C(OC1CC2CCC1C2)ON1C(=O)CCC1=O. The Balaban J connectivity index is 1.53. The van der Waals surface area contributed by atoms with Crippen LogP contribution in [-0.2, 0) is 19.2 Å². The van der Waals surface area contributed by atoms with E-state index in [9.17, 15) is 14.4 Å². The van der Waals surface area contributed by atoms with Crippen LogP contribution in [0.2, 0.25) is 0 Å². The lowest BCUT2D eigenvalue weighted by Crippen LogP contribution is -2.34. The Labute approximate surface area is 104 Å². The van der Waals surface area contributed by atoms with Crippen molar-refractivity contribution < 1.29 is 24.0 Å². The van der Waals surface area contributed by atoms with Crippen LogP contribution in [0.1, 0.15) is 38.5 Å². The van der Waals surface area contributed by atoms with Gasteiger partial charge in [0.1, 0.15) is 6.10 Å². The van der Waals surface area contributed by atoms with E-state index in [4.69, 9.17) is 4.74 Å². The number of carbonyl (C=O) groups is 3. The molecule has 2 amide bonds. The Bertz CT molecular complexity index is 391. The van der Waals surface area contributed by atoms with Gasteiger partial charge in [-0.15, -0.1) is 0 Å². The molecule has 2 aliphatic carbocycles. The summed E-state index contributed by atoms with van der Waals surface area (Å²) in [5.41, 5.74) is 0. The van der Waals surface area contributed by atoms with E-state index in [2.05, 4.69) is 4.84 Å². The smallest absolute Gasteiger partial charge is 0.429 e. The van der Waals surface area contributed by atoms with Gasteiger partial charge in [-0.25, -0.2) is 4.79 Å². The lowest BCUT2D eigenvalue weighted by atomic mass is 9.98. The van der Waals surface area contributed by atoms with E-state index in [0.717, 1.165) is 19.3 Å². The van der Waals surface area contributed by atoms with Crippen LogP contribution in [0.15, 0.2) is 0 Å². The molecule has 3 fully saturated rings. The highest BCUT2D eigenvalue weighted by atomic mass is 16.8. The molecule has 2 saturated carbocycles. The van der Waals surface area contributed by atoms with Gasteiger partial charge in [0.05, 0.1) is 0 Å². The fourth-order valence-electron chi connectivity index (χ4n) is 3.21. The average molecular weight is 253 g/mol. The molecule has 18 heavy (non-hydrogen) atoms. The van der Waals surface area contributed by atoms with Gasteiger partial charge in [-0.2, -0.15) is 0 Å². The van der Waals surface area contributed by atoms with E-state index >= 15 is 0 Å². The van der Waals surface area contributed by atoms with Gasteiger partial charge >= 0.3 is 6.16 Å². The highest BCUT2D eigenvalue weighted by molar-refractivity contribution is 6.01. The molecule has 3 unspecified atom stereocenters.